The number of piperidine rings is 1. The Balaban J connectivity index is 1.56. The minimum absolute atomic E-state index is 0.0410. The minimum Gasteiger partial charge on any atom is -0.495 e. The van der Waals surface area contributed by atoms with Crippen molar-refractivity contribution >= 4 is 32.3 Å². The molecule has 9 nitrogen and oxygen atoms in total. The van der Waals surface area contributed by atoms with E-state index in [1.807, 2.05) is 6.07 Å². The van der Waals surface area contributed by atoms with Crippen LogP contribution in [0.25, 0.3) is 10.9 Å². The zero-order valence-electron chi connectivity index (χ0n) is 22.9. The first-order valence-electron chi connectivity index (χ1n) is 13.2. The Kier molecular flexibility index (Phi) is 9.70. The summed E-state index contributed by atoms with van der Waals surface area (Å²) >= 11 is 0. The third kappa shape index (κ3) is 7.85. The van der Waals surface area contributed by atoms with Gasteiger partial charge in [-0.15, -0.1) is 0 Å². The van der Waals surface area contributed by atoms with Crippen molar-refractivity contribution in [1.82, 2.24) is 14.2 Å². The lowest BCUT2D eigenvalue weighted by Crippen LogP contribution is -2.36. The Morgan fingerprint density at radius 1 is 1.12 bits per heavy atom. The number of sulfonamides is 1. The number of methoxy groups -OCH3 is 1. The van der Waals surface area contributed by atoms with Gasteiger partial charge in [-0.05, 0) is 69.2 Å². The Labute approximate surface area is 237 Å². The average molecular weight is 594 g/mol. The number of hydrogen-bond acceptors (Lipinski definition) is 7. The quantitative estimate of drug-likeness (QED) is 0.267. The number of nitrogens with zero attached hydrogens (tertiary/aromatic N) is 2. The van der Waals surface area contributed by atoms with Crippen LogP contribution < -0.4 is 20.1 Å². The fourth-order valence-electron chi connectivity index (χ4n) is 4.76. The summed E-state index contributed by atoms with van der Waals surface area (Å²) in [5, 5.41) is 16.1. The van der Waals surface area contributed by atoms with Crippen molar-refractivity contribution in [3.63, 3.8) is 0 Å². The molecule has 0 aliphatic carbocycles. The van der Waals surface area contributed by atoms with Crippen LogP contribution in [0.4, 0.5) is 24.5 Å². The Hall–Kier alpha value is -3.44. The first kappa shape index (κ1) is 30.5. The third-order valence-electron chi connectivity index (χ3n) is 6.83. The lowest BCUT2D eigenvalue weighted by molar-refractivity contribution is -0.140. The fourth-order valence-corrected chi connectivity index (χ4v) is 5.79. The molecule has 0 unspecified atom stereocenters. The maximum Gasteiger partial charge on any atom is 0.406 e. The molecule has 222 valence electrons. The molecular formula is C28H34F3N5O4S. The van der Waals surface area contributed by atoms with Gasteiger partial charge in [-0.25, -0.2) is 13.1 Å². The number of likely N-dealkylation sites (tertiary alicyclic amines) is 1. The van der Waals surface area contributed by atoms with Crippen molar-refractivity contribution in [3.8, 4) is 17.6 Å². The number of aliphatic hydroxyl groups is 1. The number of halogens is 3. The first-order valence-corrected chi connectivity index (χ1v) is 14.6. The molecule has 0 spiro atoms. The van der Waals surface area contributed by atoms with Crippen LogP contribution in [0.5, 0.6) is 5.75 Å². The summed E-state index contributed by atoms with van der Waals surface area (Å²) in [6.07, 6.45) is -2.53. The molecule has 2 aromatic carbocycles. The SMILES string of the molecule is COc1cc(S(=O)(=O)NCCO)ccc1NCC#Cc1cc2c(NC3CCN(C)CC3)cccc2n1CC(F)(F)F. The minimum atomic E-state index is -4.43. The van der Waals surface area contributed by atoms with E-state index >= 15 is 0 Å². The summed E-state index contributed by atoms with van der Waals surface area (Å²) < 4.78 is 74.0. The van der Waals surface area contributed by atoms with E-state index in [1.54, 1.807) is 18.2 Å². The molecule has 0 radical (unpaired) electrons. The van der Waals surface area contributed by atoms with Gasteiger partial charge in [-0.3, -0.25) is 0 Å². The second-order valence-electron chi connectivity index (χ2n) is 9.83. The predicted molar refractivity (Wildman–Crippen MR) is 153 cm³/mol. The summed E-state index contributed by atoms with van der Waals surface area (Å²) in [5.41, 5.74) is 1.93. The largest absolute Gasteiger partial charge is 0.495 e. The molecule has 0 saturated carbocycles. The normalized spacial score (nSPS) is 15.0. The van der Waals surface area contributed by atoms with E-state index in [0.29, 0.717) is 16.6 Å². The number of anilines is 2. The highest BCUT2D eigenvalue weighted by Gasteiger charge is 2.30. The van der Waals surface area contributed by atoms with E-state index in [0.717, 1.165) is 31.6 Å². The number of benzene rings is 2. The molecule has 1 aliphatic rings. The average Bonchev–Trinajstić information content (AvgIpc) is 3.27. The second-order valence-corrected chi connectivity index (χ2v) is 11.6. The van der Waals surface area contributed by atoms with Gasteiger partial charge in [0, 0.05) is 29.7 Å². The van der Waals surface area contributed by atoms with Crippen LogP contribution in [0.2, 0.25) is 0 Å². The number of aliphatic hydroxyl groups excluding tert-OH is 1. The second kappa shape index (κ2) is 13.0. The highest BCUT2D eigenvalue weighted by Crippen LogP contribution is 2.31. The Bertz CT molecular complexity index is 1520. The maximum absolute atomic E-state index is 13.5. The number of alkyl halides is 3. The Morgan fingerprint density at radius 2 is 1.88 bits per heavy atom. The van der Waals surface area contributed by atoms with Crippen molar-refractivity contribution in [1.29, 1.82) is 0 Å². The van der Waals surface area contributed by atoms with Crippen molar-refractivity contribution in [2.75, 3.05) is 57.6 Å². The molecule has 1 fully saturated rings. The van der Waals surface area contributed by atoms with Crippen LogP contribution in [0.15, 0.2) is 47.4 Å². The molecule has 3 aromatic rings. The van der Waals surface area contributed by atoms with Crippen LogP contribution in [0.3, 0.4) is 0 Å². The summed E-state index contributed by atoms with van der Waals surface area (Å²) in [4.78, 5) is 2.21. The van der Waals surface area contributed by atoms with Crippen LogP contribution >= 0.6 is 0 Å². The molecule has 0 amide bonds. The molecule has 41 heavy (non-hydrogen) atoms. The predicted octanol–water partition coefficient (Wildman–Crippen LogP) is 3.45. The van der Waals surface area contributed by atoms with Gasteiger partial charge in [0.25, 0.3) is 0 Å². The summed E-state index contributed by atoms with van der Waals surface area (Å²) in [5.74, 6) is 6.00. The van der Waals surface area contributed by atoms with Crippen molar-refractivity contribution in [2.24, 2.45) is 0 Å². The number of rotatable bonds is 10. The lowest BCUT2D eigenvalue weighted by atomic mass is 10.0. The van der Waals surface area contributed by atoms with Crippen molar-refractivity contribution in [2.45, 2.75) is 36.5 Å². The molecular weight excluding hydrogens is 559 g/mol. The number of ether oxygens (including phenoxy) is 1. The zero-order chi connectivity index (χ0) is 29.6. The van der Waals surface area contributed by atoms with Crippen LogP contribution in [-0.4, -0.2) is 82.2 Å². The highest BCUT2D eigenvalue weighted by atomic mass is 32.2. The van der Waals surface area contributed by atoms with E-state index < -0.39 is 22.7 Å². The number of hydrogen-bond donors (Lipinski definition) is 4. The number of fused-ring (bicyclic) bond motifs is 1. The molecule has 2 heterocycles. The molecule has 1 aliphatic heterocycles. The topological polar surface area (TPSA) is 108 Å². The van der Waals surface area contributed by atoms with E-state index in [2.05, 4.69) is 39.1 Å². The Morgan fingerprint density at radius 3 is 2.56 bits per heavy atom. The van der Waals surface area contributed by atoms with Crippen LogP contribution in [0.1, 0.15) is 18.5 Å². The van der Waals surface area contributed by atoms with Crippen molar-refractivity contribution in [3.05, 3.63) is 48.2 Å². The van der Waals surface area contributed by atoms with E-state index in [9.17, 15) is 21.6 Å². The van der Waals surface area contributed by atoms with Crippen LogP contribution in [-0.2, 0) is 16.6 Å². The number of aromatic nitrogens is 1. The smallest absolute Gasteiger partial charge is 0.406 e. The number of nitrogens with one attached hydrogen (secondary N) is 3. The van der Waals surface area contributed by atoms with E-state index in [-0.39, 0.29) is 42.1 Å². The van der Waals surface area contributed by atoms with Gasteiger partial charge in [0.2, 0.25) is 10.0 Å². The molecule has 0 bridgehead atoms. The molecule has 4 N–H and O–H groups in total. The van der Waals surface area contributed by atoms with Gasteiger partial charge >= 0.3 is 6.18 Å². The first-order chi connectivity index (χ1) is 19.5. The van der Waals surface area contributed by atoms with E-state index in [4.69, 9.17) is 9.84 Å². The fraction of sp³-hybridized carbons (Fsp3) is 0.429. The van der Waals surface area contributed by atoms with Gasteiger partial charge in [-0.1, -0.05) is 12.0 Å². The zero-order valence-corrected chi connectivity index (χ0v) is 23.7. The lowest BCUT2D eigenvalue weighted by Gasteiger charge is -2.30. The maximum atomic E-state index is 13.5. The van der Waals surface area contributed by atoms with Gasteiger partial charge in [0.1, 0.15) is 12.3 Å². The molecule has 1 aromatic heterocycles. The highest BCUT2D eigenvalue weighted by molar-refractivity contribution is 7.89. The summed E-state index contributed by atoms with van der Waals surface area (Å²) in [7, 11) is -0.372. The summed E-state index contributed by atoms with van der Waals surface area (Å²) in [6.45, 7) is 0.347. The van der Waals surface area contributed by atoms with Gasteiger partial charge < -0.3 is 29.9 Å². The molecule has 0 atom stereocenters. The standard InChI is InChI=1S/C28H34F3N5O4S/c1-35-14-10-20(11-15-35)34-24-6-3-7-26-23(24)17-21(36(26)19-28(29,30)31)5-4-12-32-25-9-8-22(18-27(25)40-2)41(38,39)33-13-16-37/h3,6-9,17-18,20,32-34,37H,10-16,19H2,1-2H3. The molecule has 13 heteroatoms. The summed E-state index contributed by atoms with van der Waals surface area (Å²) in [6, 6.07) is 11.4. The van der Waals surface area contributed by atoms with E-state index in [1.165, 1.54) is 29.9 Å². The van der Waals surface area contributed by atoms with Gasteiger partial charge in [-0.2, -0.15) is 13.2 Å². The van der Waals surface area contributed by atoms with Gasteiger partial charge in [0.05, 0.1) is 42.1 Å². The van der Waals surface area contributed by atoms with Crippen LogP contribution in [0, 0.1) is 11.8 Å². The third-order valence-corrected chi connectivity index (χ3v) is 8.29. The van der Waals surface area contributed by atoms with Gasteiger partial charge in [0.15, 0.2) is 0 Å². The van der Waals surface area contributed by atoms with Crippen molar-refractivity contribution < 1.29 is 31.4 Å². The monoisotopic (exact) mass is 593 g/mol. The molecule has 1 saturated heterocycles. The molecule has 4 rings (SSSR count).